The highest BCUT2D eigenvalue weighted by molar-refractivity contribution is 7.13. The number of thiophene rings is 1. The molecule has 114 valence electrons. The summed E-state index contributed by atoms with van der Waals surface area (Å²) in [6, 6.07) is 1.95. The average Bonchev–Trinajstić information content (AvgIpc) is 3.16. The molecule has 3 rings (SSSR count). The number of aromatic amines is 1. The minimum atomic E-state index is 0.668. The fraction of sp³-hybridized carbons (Fsp3) is 0.571. The molecular formula is C14H21N5OS. The van der Waals surface area contributed by atoms with E-state index in [1.807, 2.05) is 18.5 Å². The van der Waals surface area contributed by atoms with Crippen molar-refractivity contribution in [2.45, 2.75) is 12.8 Å². The number of anilines is 1. The Morgan fingerprint density at radius 2 is 2.48 bits per heavy atom. The van der Waals surface area contributed by atoms with Crippen molar-refractivity contribution in [2.75, 3.05) is 38.7 Å². The number of nitrogens with one attached hydrogen (secondary N) is 2. The first-order valence-electron chi connectivity index (χ1n) is 7.25. The molecule has 3 heterocycles. The van der Waals surface area contributed by atoms with Crippen LogP contribution in [0.3, 0.4) is 0 Å². The normalized spacial score (nSPS) is 19.0. The molecule has 2 aromatic rings. The number of H-pyrrole nitrogens is 1. The van der Waals surface area contributed by atoms with Crippen LogP contribution < -0.4 is 15.0 Å². The highest BCUT2D eigenvalue weighted by atomic mass is 32.1. The van der Waals surface area contributed by atoms with Gasteiger partial charge >= 0.3 is 0 Å². The Kier molecular flexibility index (Phi) is 4.40. The van der Waals surface area contributed by atoms with E-state index >= 15 is 0 Å². The number of ether oxygens (including phenoxy) is 1. The Morgan fingerprint density at radius 3 is 3.29 bits per heavy atom. The summed E-state index contributed by atoms with van der Waals surface area (Å²) in [5.74, 6) is 3.09. The molecule has 2 N–H and O–H groups in total. The van der Waals surface area contributed by atoms with Crippen molar-refractivity contribution in [1.29, 1.82) is 0 Å². The average molecular weight is 307 g/mol. The summed E-state index contributed by atoms with van der Waals surface area (Å²) >= 11 is 1.61. The van der Waals surface area contributed by atoms with Crippen molar-refractivity contribution in [3.8, 4) is 16.5 Å². The van der Waals surface area contributed by atoms with Crippen LogP contribution in [-0.2, 0) is 0 Å². The molecular weight excluding hydrogens is 286 g/mol. The lowest BCUT2D eigenvalue weighted by Crippen LogP contribution is -2.39. The summed E-state index contributed by atoms with van der Waals surface area (Å²) in [5, 5.41) is 12.7. The van der Waals surface area contributed by atoms with Gasteiger partial charge in [0.1, 0.15) is 10.6 Å². The highest BCUT2D eigenvalue weighted by Gasteiger charge is 2.23. The van der Waals surface area contributed by atoms with Gasteiger partial charge in [-0.2, -0.15) is 4.98 Å². The number of hydrogen-bond acceptors (Lipinski definition) is 6. The Balaban J connectivity index is 1.75. The van der Waals surface area contributed by atoms with Crippen LogP contribution >= 0.6 is 11.3 Å². The minimum absolute atomic E-state index is 0.668. The van der Waals surface area contributed by atoms with E-state index in [1.165, 1.54) is 12.8 Å². The summed E-state index contributed by atoms with van der Waals surface area (Å²) in [4.78, 5) is 7.92. The molecule has 6 nitrogen and oxygen atoms in total. The van der Waals surface area contributed by atoms with E-state index in [1.54, 1.807) is 18.4 Å². The number of piperidine rings is 1. The van der Waals surface area contributed by atoms with Gasteiger partial charge in [-0.05, 0) is 43.8 Å². The monoisotopic (exact) mass is 307 g/mol. The van der Waals surface area contributed by atoms with Crippen LogP contribution in [0, 0.1) is 5.92 Å². The molecule has 1 fully saturated rings. The van der Waals surface area contributed by atoms with Gasteiger partial charge in [0.2, 0.25) is 5.95 Å². The van der Waals surface area contributed by atoms with Crippen molar-refractivity contribution in [2.24, 2.45) is 5.92 Å². The molecule has 0 radical (unpaired) electrons. The maximum absolute atomic E-state index is 5.34. The van der Waals surface area contributed by atoms with Crippen LogP contribution in [0.4, 0.5) is 5.95 Å². The maximum atomic E-state index is 5.34. The maximum Gasteiger partial charge on any atom is 0.245 e. The third-order valence-corrected chi connectivity index (χ3v) is 4.73. The SMILES string of the molecule is CNCC1CCCN(c2n[nH]c(-c3sccc3OC)n2)C1. The molecule has 2 aromatic heterocycles. The number of rotatable bonds is 5. The van der Waals surface area contributed by atoms with Gasteiger partial charge in [0, 0.05) is 13.1 Å². The number of nitrogens with zero attached hydrogens (tertiary/aromatic N) is 3. The van der Waals surface area contributed by atoms with Gasteiger partial charge in [-0.1, -0.05) is 0 Å². The van der Waals surface area contributed by atoms with Gasteiger partial charge in [-0.25, -0.2) is 0 Å². The number of hydrogen-bond donors (Lipinski definition) is 2. The van der Waals surface area contributed by atoms with E-state index < -0.39 is 0 Å². The Hall–Kier alpha value is -1.60. The largest absolute Gasteiger partial charge is 0.495 e. The molecule has 0 saturated carbocycles. The van der Waals surface area contributed by atoms with Crippen molar-refractivity contribution in [3.63, 3.8) is 0 Å². The second kappa shape index (κ2) is 6.44. The van der Waals surface area contributed by atoms with E-state index in [0.29, 0.717) is 5.92 Å². The second-order valence-electron chi connectivity index (χ2n) is 5.31. The van der Waals surface area contributed by atoms with Gasteiger partial charge in [0.15, 0.2) is 5.82 Å². The third kappa shape index (κ3) is 3.03. The smallest absolute Gasteiger partial charge is 0.245 e. The lowest BCUT2D eigenvalue weighted by atomic mass is 9.98. The predicted octanol–water partition coefficient (Wildman–Crippen LogP) is 1.98. The first-order valence-corrected chi connectivity index (χ1v) is 8.13. The lowest BCUT2D eigenvalue weighted by molar-refractivity contribution is 0.399. The van der Waals surface area contributed by atoms with Crippen molar-refractivity contribution < 1.29 is 4.74 Å². The van der Waals surface area contributed by atoms with Crippen LogP contribution in [0.1, 0.15) is 12.8 Å². The Morgan fingerprint density at radius 1 is 1.57 bits per heavy atom. The van der Waals surface area contributed by atoms with E-state index in [9.17, 15) is 0 Å². The number of aromatic nitrogens is 3. The van der Waals surface area contributed by atoms with Gasteiger partial charge in [0.05, 0.1) is 7.11 Å². The molecule has 0 spiro atoms. The topological polar surface area (TPSA) is 66.1 Å². The van der Waals surface area contributed by atoms with E-state index in [4.69, 9.17) is 4.74 Å². The van der Waals surface area contributed by atoms with Crippen molar-refractivity contribution in [3.05, 3.63) is 11.4 Å². The fourth-order valence-electron chi connectivity index (χ4n) is 2.83. The first kappa shape index (κ1) is 14.3. The fourth-order valence-corrected chi connectivity index (χ4v) is 3.63. The molecule has 1 aliphatic rings. The summed E-state index contributed by atoms with van der Waals surface area (Å²) < 4.78 is 5.34. The predicted molar refractivity (Wildman–Crippen MR) is 85.1 cm³/mol. The molecule has 1 aliphatic heterocycles. The standard InChI is InChI=1S/C14H21N5OS/c1-15-8-10-4-3-6-19(9-10)14-16-13(17-18-14)12-11(20-2)5-7-21-12/h5,7,10,15H,3-4,6,8-9H2,1-2H3,(H,16,17,18). The zero-order valence-electron chi connectivity index (χ0n) is 12.4. The van der Waals surface area contributed by atoms with Crippen LogP contribution in [0.25, 0.3) is 10.7 Å². The van der Waals surface area contributed by atoms with Crippen molar-refractivity contribution >= 4 is 17.3 Å². The molecule has 1 saturated heterocycles. The molecule has 0 amide bonds. The third-order valence-electron chi connectivity index (χ3n) is 3.83. The van der Waals surface area contributed by atoms with Gasteiger partial charge in [0.25, 0.3) is 0 Å². The molecule has 0 aliphatic carbocycles. The molecule has 1 unspecified atom stereocenters. The summed E-state index contributed by atoms with van der Waals surface area (Å²) in [7, 11) is 3.68. The van der Waals surface area contributed by atoms with E-state index in [-0.39, 0.29) is 0 Å². The van der Waals surface area contributed by atoms with Gasteiger partial charge in [-0.15, -0.1) is 16.4 Å². The lowest BCUT2D eigenvalue weighted by Gasteiger charge is -2.31. The summed E-state index contributed by atoms with van der Waals surface area (Å²) in [6.07, 6.45) is 2.46. The van der Waals surface area contributed by atoms with E-state index in [0.717, 1.165) is 42.0 Å². The quantitative estimate of drug-likeness (QED) is 0.884. The Labute approximate surface area is 128 Å². The molecule has 1 atom stereocenters. The minimum Gasteiger partial charge on any atom is -0.495 e. The molecule has 0 aromatic carbocycles. The zero-order valence-corrected chi connectivity index (χ0v) is 13.2. The van der Waals surface area contributed by atoms with E-state index in [2.05, 4.69) is 25.4 Å². The van der Waals surface area contributed by atoms with Gasteiger partial charge in [-0.3, -0.25) is 5.10 Å². The first-order chi connectivity index (χ1) is 10.3. The van der Waals surface area contributed by atoms with Crippen LogP contribution in [0.5, 0.6) is 5.75 Å². The molecule has 0 bridgehead atoms. The van der Waals surface area contributed by atoms with Crippen molar-refractivity contribution in [1.82, 2.24) is 20.5 Å². The second-order valence-corrected chi connectivity index (χ2v) is 6.23. The Bertz CT molecular complexity index is 579. The zero-order chi connectivity index (χ0) is 14.7. The van der Waals surface area contributed by atoms with Crippen LogP contribution in [0.2, 0.25) is 0 Å². The molecule has 7 heteroatoms. The highest BCUT2D eigenvalue weighted by Crippen LogP contribution is 2.33. The number of methoxy groups -OCH3 is 1. The van der Waals surface area contributed by atoms with Crippen LogP contribution in [0.15, 0.2) is 11.4 Å². The van der Waals surface area contributed by atoms with Gasteiger partial charge < -0.3 is 15.0 Å². The summed E-state index contributed by atoms with van der Waals surface area (Å²) in [5.41, 5.74) is 0. The molecule has 21 heavy (non-hydrogen) atoms. The van der Waals surface area contributed by atoms with Crippen LogP contribution in [-0.4, -0.2) is 49.0 Å². The summed E-state index contributed by atoms with van der Waals surface area (Å²) in [6.45, 7) is 3.09.